The maximum Gasteiger partial charge on any atom is 0.469 e. The van der Waals surface area contributed by atoms with E-state index in [0.29, 0.717) is 40.1 Å². The molecule has 1 aliphatic rings. The van der Waals surface area contributed by atoms with Crippen LogP contribution in [0.4, 0.5) is 0 Å². The van der Waals surface area contributed by atoms with Crippen molar-refractivity contribution in [2.24, 2.45) is 5.73 Å². The number of fused-ring (bicyclic) bond motifs is 2. The van der Waals surface area contributed by atoms with Gasteiger partial charge < -0.3 is 29.9 Å². The molecule has 1 atom stereocenters. The maximum absolute atomic E-state index is 13.5. The molecule has 5 N–H and O–H groups in total. The van der Waals surface area contributed by atoms with Crippen molar-refractivity contribution in [2.45, 2.75) is 37.8 Å². The molecule has 1 fully saturated rings. The second-order valence-corrected chi connectivity index (χ2v) is 11.8. The number of aliphatic hydroxyl groups excluding tert-OH is 1. The molecule has 1 aromatic heterocycles. The van der Waals surface area contributed by atoms with Crippen LogP contribution in [0.1, 0.15) is 46.7 Å². The fourth-order valence-electron chi connectivity index (χ4n) is 4.78. The van der Waals surface area contributed by atoms with Crippen LogP contribution in [0.2, 0.25) is 5.02 Å². The summed E-state index contributed by atoms with van der Waals surface area (Å²) in [5, 5.41) is 13.3. The zero-order valence-electron chi connectivity index (χ0n) is 21.6. The molecule has 0 bridgehead atoms. The van der Waals surface area contributed by atoms with Gasteiger partial charge in [0.05, 0.1) is 12.7 Å². The number of aromatic nitrogens is 1. The van der Waals surface area contributed by atoms with Crippen LogP contribution in [-0.2, 0) is 15.6 Å². The van der Waals surface area contributed by atoms with Gasteiger partial charge in [0.1, 0.15) is 5.75 Å². The van der Waals surface area contributed by atoms with Crippen LogP contribution in [0, 0.1) is 0 Å². The molecule has 0 amide bonds. The number of halogens is 1. The highest BCUT2D eigenvalue weighted by atomic mass is 35.5. The third-order valence-corrected chi connectivity index (χ3v) is 7.72. The number of rotatable bonds is 12. The van der Waals surface area contributed by atoms with Gasteiger partial charge in [0, 0.05) is 45.5 Å². The summed E-state index contributed by atoms with van der Waals surface area (Å²) in [6, 6.07) is 15.1. The first-order valence-corrected chi connectivity index (χ1v) is 14.7. The molecule has 1 heterocycles. The van der Waals surface area contributed by atoms with E-state index in [1.165, 1.54) is 5.56 Å². The number of Topliss-reactive ketones (excluding diaryl/α,β-unsaturated/α-hetero) is 1. The first kappa shape index (κ1) is 28.4. The topological polar surface area (TPSA) is 144 Å². The number of nitrogens with two attached hydrogens (primary N) is 1. The second-order valence-electron chi connectivity index (χ2n) is 10.1. The number of hydrogen-bond acceptors (Lipinski definition) is 6. The molecule has 0 aliphatic heterocycles. The minimum absolute atomic E-state index is 0.171. The number of phosphoric acid groups is 1. The van der Waals surface area contributed by atoms with Crippen LogP contribution in [0.15, 0.2) is 61.3 Å². The quantitative estimate of drug-likeness (QED) is 0.128. The molecule has 1 aliphatic carbocycles. The summed E-state index contributed by atoms with van der Waals surface area (Å²) >= 11 is 6.13. The summed E-state index contributed by atoms with van der Waals surface area (Å²) < 4.78 is 23.2. The van der Waals surface area contributed by atoms with E-state index in [1.54, 1.807) is 18.3 Å². The number of hydrogen-bond donors (Lipinski definition) is 4. The van der Waals surface area contributed by atoms with Crippen molar-refractivity contribution < 1.29 is 33.5 Å². The minimum Gasteiger partial charge on any atom is -0.485 e. The molecule has 0 radical (unpaired) electrons. The van der Waals surface area contributed by atoms with Gasteiger partial charge in [-0.05, 0) is 71.8 Å². The number of ether oxygens (including phenoxy) is 1. The van der Waals surface area contributed by atoms with Crippen molar-refractivity contribution in [1.82, 2.24) is 4.57 Å². The van der Waals surface area contributed by atoms with E-state index in [9.17, 15) is 14.5 Å². The Morgan fingerprint density at radius 2 is 1.90 bits per heavy atom. The summed E-state index contributed by atoms with van der Waals surface area (Å²) in [6.07, 6.45) is 3.05. The monoisotopic (exact) mass is 584 g/mol. The van der Waals surface area contributed by atoms with E-state index in [2.05, 4.69) is 17.2 Å². The third kappa shape index (κ3) is 6.58. The Morgan fingerprint density at radius 1 is 1.12 bits per heavy atom. The summed E-state index contributed by atoms with van der Waals surface area (Å²) in [5.74, 6) is 0.699. The molecule has 0 spiro atoms. The van der Waals surface area contributed by atoms with Crippen LogP contribution in [-0.4, -0.2) is 44.6 Å². The Kier molecular flexibility index (Phi) is 8.06. The van der Waals surface area contributed by atoms with Crippen molar-refractivity contribution >= 4 is 52.6 Å². The molecule has 0 unspecified atom stereocenters. The Morgan fingerprint density at radius 3 is 2.60 bits per heavy atom. The van der Waals surface area contributed by atoms with Gasteiger partial charge in [0.25, 0.3) is 0 Å². The molecule has 11 heteroatoms. The van der Waals surface area contributed by atoms with Crippen LogP contribution >= 0.6 is 19.4 Å². The van der Waals surface area contributed by atoms with Crippen molar-refractivity contribution in [2.75, 3.05) is 13.2 Å². The lowest BCUT2D eigenvalue weighted by Crippen LogP contribution is -2.17. The summed E-state index contributed by atoms with van der Waals surface area (Å²) in [6.45, 7) is 3.42. The predicted molar refractivity (Wildman–Crippen MR) is 155 cm³/mol. The van der Waals surface area contributed by atoms with E-state index >= 15 is 0 Å². The normalized spacial score (nSPS) is 14.5. The predicted octanol–water partition coefficient (Wildman–Crippen LogP) is 5.38. The van der Waals surface area contributed by atoms with Crippen LogP contribution in [0.25, 0.3) is 27.4 Å². The number of ketones is 1. The highest BCUT2D eigenvalue weighted by molar-refractivity contribution is 7.46. The molecule has 3 aromatic carbocycles. The van der Waals surface area contributed by atoms with Crippen molar-refractivity contribution in [1.29, 1.82) is 0 Å². The lowest BCUT2D eigenvalue weighted by molar-refractivity contribution is 0.0764. The van der Waals surface area contributed by atoms with Gasteiger partial charge in [0.15, 0.2) is 6.61 Å². The fourth-order valence-corrected chi connectivity index (χ4v) is 5.33. The Labute approximate surface area is 236 Å². The average Bonchev–Trinajstić information content (AvgIpc) is 3.69. The standard InChI is InChI=1S/C29H30ClN2O7P/c1-17(31)25-11-21-10-22(30)6-4-20(21)13-29(25)38-16-28(34)26-14-32(9-8-23(33)15-39-40(35,36)37)27-12-19(18-2-3-18)5-7-24(26)27/h4-7,10-14,18,23,33H,1-3,8-9,15-16,31H2,(H2,35,36,37)/t23-/m1/s1. The van der Waals surface area contributed by atoms with Crippen LogP contribution in [0.3, 0.4) is 0 Å². The third-order valence-electron chi connectivity index (χ3n) is 7.00. The number of benzene rings is 3. The largest absolute Gasteiger partial charge is 0.485 e. The minimum atomic E-state index is -4.68. The lowest BCUT2D eigenvalue weighted by atomic mass is 10.0. The zero-order chi connectivity index (χ0) is 28.6. The molecule has 0 saturated heterocycles. The average molecular weight is 585 g/mol. The number of nitrogens with zero attached hydrogens (tertiary/aromatic N) is 1. The van der Waals surface area contributed by atoms with Crippen LogP contribution in [0.5, 0.6) is 5.75 Å². The molecule has 40 heavy (non-hydrogen) atoms. The first-order chi connectivity index (χ1) is 19.0. The molecular formula is C29H30ClN2O7P. The lowest BCUT2D eigenvalue weighted by Gasteiger charge is -2.13. The molecule has 5 rings (SSSR count). The zero-order valence-corrected chi connectivity index (χ0v) is 23.3. The fraction of sp³-hybridized carbons (Fsp3) is 0.276. The van der Waals surface area contributed by atoms with Gasteiger partial charge in [-0.15, -0.1) is 0 Å². The molecule has 4 aromatic rings. The van der Waals surface area contributed by atoms with E-state index in [0.717, 1.165) is 34.5 Å². The Balaban J connectivity index is 1.39. The van der Waals surface area contributed by atoms with Crippen molar-refractivity contribution in [3.8, 4) is 5.75 Å². The number of aryl methyl sites for hydroxylation is 1. The summed E-state index contributed by atoms with van der Waals surface area (Å²) in [4.78, 5) is 31.2. The number of phosphoric ester groups is 1. The number of carbonyl (C=O) groups is 1. The molecular weight excluding hydrogens is 555 g/mol. The van der Waals surface area contributed by atoms with Crippen LogP contribution < -0.4 is 10.5 Å². The van der Waals surface area contributed by atoms with Crippen molar-refractivity contribution in [3.05, 3.63) is 83.0 Å². The molecule has 1 saturated carbocycles. The Bertz CT molecular complexity index is 1660. The van der Waals surface area contributed by atoms with E-state index in [-0.39, 0.29) is 18.8 Å². The van der Waals surface area contributed by atoms with E-state index < -0.39 is 20.5 Å². The number of aliphatic hydroxyl groups is 1. The molecule has 210 valence electrons. The summed E-state index contributed by atoms with van der Waals surface area (Å²) in [5.41, 5.74) is 9.40. The SMILES string of the molecule is C=C(N)c1cc2cc(Cl)ccc2cc1OCC(=O)c1cn(CC[C@@H](O)COP(=O)(O)O)c2cc(C3CC3)ccc12. The Hall–Kier alpha value is -3.17. The highest BCUT2D eigenvalue weighted by Crippen LogP contribution is 2.41. The van der Waals surface area contributed by atoms with Gasteiger partial charge in [-0.1, -0.05) is 36.4 Å². The van der Waals surface area contributed by atoms with Crippen molar-refractivity contribution in [3.63, 3.8) is 0 Å². The first-order valence-electron chi connectivity index (χ1n) is 12.8. The van der Waals surface area contributed by atoms with Gasteiger partial charge in [0.2, 0.25) is 5.78 Å². The molecule has 9 nitrogen and oxygen atoms in total. The van der Waals surface area contributed by atoms with Gasteiger partial charge in [-0.25, -0.2) is 4.57 Å². The van der Waals surface area contributed by atoms with Gasteiger partial charge >= 0.3 is 7.82 Å². The maximum atomic E-state index is 13.5. The van der Waals surface area contributed by atoms with Gasteiger partial charge in [-0.2, -0.15) is 0 Å². The smallest absolute Gasteiger partial charge is 0.469 e. The summed E-state index contributed by atoms with van der Waals surface area (Å²) in [7, 11) is -4.68. The second kappa shape index (κ2) is 11.4. The van der Waals surface area contributed by atoms with E-state index in [1.807, 2.05) is 34.9 Å². The van der Waals surface area contributed by atoms with E-state index in [4.69, 9.17) is 31.9 Å². The van der Waals surface area contributed by atoms with Gasteiger partial charge in [-0.3, -0.25) is 9.32 Å². The number of carbonyl (C=O) groups excluding carboxylic acids is 1. The highest BCUT2D eigenvalue weighted by Gasteiger charge is 2.25.